The van der Waals surface area contributed by atoms with Crippen molar-refractivity contribution in [2.24, 2.45) is 0 Å². The van der Waals surface area contributed by atoms with Crippen LogP contribution in [0.3, 0.4) is 0 Å². The number of carbonyl (C=O) groups excluding carboxylic acids is 1. The molecule has 0 aromatic carbocycles. The largest absolute Gasteiger partial charge is 0.370 e. The van der Waals surface area contributed by atoms with Crippen molar-refractivity contribution in [1.29, 1.82) is 0 Å². The van der Waals surface area contributed by atoms with E-state index in [4.69, 9.17) is 5.53 Å². The topological polar surface area (TPSA) is 53.5 Å². The van der Waals surface area contributed by atoms with Gasteiger partial charge in [-0.1, -0.05) is 12.0 Å². The van der Waals surface area contributed by atoms with E-state index in [1.807, 2.05) is 10.8 Å². The minimum absolute atomic E-state index is 0.143. The van der Waals surface area contributed by atoms with Gasteiger partial charge in [-0.25, -0.2) is 0 Å². The maximum Gasteiger partial charge on any atom is 0.370 e. The summed E-state index contributed by atoms with van der Waals surface area (Å²) in [4.78, 5) is 15.1. The highest BCUT2D eigenvalue weighted by Crippen LogP contribution is 2.22. The molecule has 17 heavy (non-hydrogen) atoms. The Balaban J connectivity index is 2.16. The van der Waals surface area contributed by atoms with Crippen LogP contribution in [0.1, 0.15) is 37.7 Å². The van der Waals surface area contributed by atoms with Gasteiger partial charge in [-0.05, 0) is 43.2 Å². The Kier molecular flexibility index (Phi) is 4.02. The first-order valence-electron chi connectivity index (χ1n) is 5.79. The third-order valence-corrected chi connectivity index (χ3v) is 3.64. The van der Waals surface area contributed by atoms with Crippen molar-refractivity contribution in [3.8, 4) is 0 Å². The average Bonchev–Trinajstić information content (AvgIpc) is 2.85. The zero-order chi connectivity index (χ0) is 12.1. The molecule has 0 radical (unpaired) electrons. The normalized spacial score (nSPS) is 15.2. The molecule has 1 aliphatic rings. The van der Waals surface area contributed by atoms with Crippen molar-refractivity contribution in [3.05, 3.63) is 39.6 Å². The minimum Gasteiger partial charge on any atom is -0.361 e. The lowest BCUT2D eigenvalue weighted by Crippen LogP contribution is -2.14. The van der Waals surface area contributed by atoms with Crippen LogP contribution in [0.2, 0.25) is 0 Å². The molecule has 1 aliphatic carbocycles. The van der Waals surface area contributed by atoms with Gasteiger partial charge in [-0.15, -0.1) is 0 Å². The second-order valence-corrected chi connectivity index (χ2v) is 4.97. The van der Waals surface area contributed by atoms with Crippen molar-refractivity contribution in [2.75, 3.05) is 0 Å². The van der Waals surface area contributed by atoms with E-state index in [9.17, 15) is 4.79 Å². The summed E-state index contributed by atoms with van der Waals surface area (Å²) in [6.07, 6.45) is 7.19. The fraction of sp³-hybridized carbons (Fsp3) is 0.385. The van der Waals surface area contributed by atoms with E-state index >= 15 is 0 Å². The number of hydrogen-bond donors (Lipinski definition) is 0. The molecule has 0 atom stereocenters. The standard InChI is InChI=1S/C13H14N2OS/c14-15-13(11-6-7-17-9-11)12(16)8-10-4-2-1-3-5-10/h6-9H,1-5H2. The van der Waals surface area contributed by atoms with E-state index in [1.54, 1.807) is 12.1 Å². The van der Waals surface area contributed by atoms with Crippen LogP contribution in [0.5, 0.6) is 0 Å². The van der Waals surface area contributed by atoms with E-state index in [2.05, 4.69) is 4.79 Å². The van der Waals surface area contributed by atoms with Crippen LogP contribution >= 0.6 is 11.3 Å². The first kappa shape index (κ1) is 12.0. The highest BCUT2D eigenvalue weighted by atomic mass is 32.1. The number of allylic oxidation sites excluding steroid dienone is 2. The molecule has 1 saturated carbocycles. The van der Waals surface area contributed by atoms with Gasteiger partial charge in [-0.3, -0.25) is 4.79 Å². The van der Waals surface area contributed by atoms with Crippen LogP contribution in [0.15, 0.2) is 28.5 Å². The Morgan fingerprint density at radius 2 is 2.12 bits per heavy atom. The molecule has 2 rings (SSSR count). The highest BCUT2D eigenvalue weighted by Gasteiger charge is 2.21. The van der Waals surface area contributed by atoms with Crippen molar-refractivity contribution in [3.63, 3.8) is 0 Å². The van der Waals surface area contributed by atoms with Gasteiger partial charge in [0.05, 0.1) is 5.56 Å². The van der Waals surface area contributed by atoms with Gasteiger partial charge in [0, 0.05) is 5.38 Å². The molecule has 0 spiro atoms. The van der Waals surface area contributed by atoms with Gasteiger partial charge < -0.3 is 5.53 Å². The molecule has 0 N–H and O–H groups in total. The Labute approximate surface area is 104 Å². The summed E-state index contributed by atoms with van der Waals surface area (Å²) >= 11 is 1.48. The molecule has 0 saturated heterocycles. The molecule has 1 aromatic rings. The monoisotopic (exact) mass is 246 g/mol. The third-order valence-electron chi connectivity index (χ3n) is 2.96. The van der Waals surface area contributed by atoms with E-state index < -0.39 is 0 Å². The molecule has 88 valence electrons. The van der Waals surface area contributed by atoms with Crippen molar-refractivity contribution >= 4 is 22.8 Å². The van der Waals surface area contributed by atoms with Gasteiger partial charge in [0.25, 0.3) is 5.78 Å². The molecular weight excluding hydrogens is 232 g/mol. The fourth-order valence-electron chi connectivity index (χ4n) is 2.05. The maximum absolute atomic E-state index is 12.0. The minimum atomic E-state index is -0.192. The van der Waals surface area contributed by atoms with Gasteiger partial charge >= 0.3 is 5.71 Å². The Morgan fingerprint density at radius 1 is 1.35 bits per heavy atom. The zero-order valence-electron chi connectivity index (χ0n) is 9.56. The summed E-state index contributed by atoms with van der Waals surface area (Å²) < 4.78 is 0. The molecule has 1 aromatic heterocycles. The van der Waals surface area contributed by atoms with Gasteiger partial charge in [0.2, 0.25) is 0 Å². The van der Waals surface area contributed by atoms with Crippen LogP contribution in [-0.4, -0.2) is 16.3 Å². The molecule has 0 amide bonds. The van der Waals surface area contributed by atoms with Crippen LogP contribution in [-0.2, 0) is 4.79 Å². The smallest absolute Gasteiger partial charge is 0.361 e. The molecule has 0 bridgehead atoms. The lowest BCUT2D eigenvalue weighted by atomic mass is 9.93. The fourth-order valence-corrected chi connectivity index (χ4v) is 2.69. The number of carbonyl (C=O) groups is 1. The number of nitrogens with zero attached hydrogens (tertiary/aromatic N) is 2. The third kappa shape index (κ3) is 2.99. The summed E-state index contributed by atoms with van der Waals surface area (Å²) in [5.74, 6) is -0.192. The molecule has 0 aliphatic heterocycles. The van der Waals surface area contributed by atoms with Crippen molar-refractivity contribution in [1.82, 2.24) is 0 Å². The van der Waals surface area contributed by atoms with E-state index in [0.29, 0.717) is 5.56 Å². The van der Waals surface area contributed by atoms with E-state index in [-0.39, 0.29) is 11.5 Å². The first-order chi connectivity index (χ1) is 8.31. The molecule has 0 unspecified atom stereocenters. The SMILES string of the molecule is [N-]=[N+]=C(C(=O)C=C1CCCCC1)c1ccsc1. The summed E-state index contributed by atoms with van der Waals surface area (Å²) in [5, 5.41) is 3.67. The van der Waals surface area contributed by atoms with Crippen LogP contribution in [0.4, 0.5) is 0 Å². The first-order valence-corrected chi connectivity index (χ1v) is 6.74. The van der Waals surface area contributed by atoms with Crippen LogP contribution in [0, 0.1) is 0 Å². The quantitative estimate of drug-likeness (QED) is 0.349. The molecular formula is C13H14N2OS. The van der Waals surface area contributed by atoms with Crippen molar-refractivity contribution < 1.29 is 9.58 Å². The predicted octanol–water partition coefficient (Wildman–Crippen LogP) is 3.23. The highest BCUT2D eigenvalue weighted by molar-refractivity contribution is 7.08. The lowest BCUT2D eigenvalue weighted by Gasteiger charge is -2.12. The second-order valence-electron chi connectivity index (χ2n) is 4.19. The Morgan fingerprint density at radius 3 is 2.71 bits per heavy atom. The zero-order valence-corrected chi connectivity index (χ0v) is 10.4. The number of ketones is 1. The number of rotatable bonds is 3. The number of thiophene rings is 1. The summed E-state index contributed by atoms with van der Waals surface area (Å²) in [5.41, 5.74) is 11.0. The van der Waals surface area contributed by atoms with E-state index in [1.165, 1.54) is 23.3 Å². The molecule has 1 fully saturated rings. The summed E-state index contributed by atoms with van der Waals surface area (Å²) in [6.45, 7) is 0. The predicted molar refractivity (Wildman–Crippen MR) is 68.2 cm³/mol. The molecule has 3 nitrogen and oxygen atoms in total. The van der Waals surface area contributed by atoms with Crippen molar-refractivity contribution in [2.45, 2.75) is 32.1 Å². The average molecular weight is 246 g/mol. The summed E-state index contributed by atoms with van der Waals surface area (Å²) in [7, 11) is 0. The Bertz CT molecular complexity index is 474. The lowest BCUT2D eigenvalue weighted by molar-refractivity contribution is -0.112. The van der Waals surface area contributed by atoms with Crippen LogP contribution in [0.25, 0.3) is 5.53 Å². The van der Waals surface area contributed by atoms with E-state index in [0.717, 1.165) is 25.7 Å². The molecule has 4 heteroatoms. The second kappa shape index (κ2) is 5.71. The Hall–Kier alpha value is -1.51. The van der Waals surface area contributed by atoms with Gasteiger partial charge in [-0.2, -0.15) is 16.1 Å². The summed E-state index contributed by atoms with van der Waals surface area (Å²) in [6, 6.07) is 1.79. The number of hydrogen-bond acceptors (Lipinski definition) is 2. The van der Waals surface area contributed by atoms with Crippen LogP contribution < -0.4 is 0 Å². The van der Waals surface area contributed by atoms with Gasteiger partial charge in [0.1, 0.15) is 0 Å². The molecule has 1 heterocycles. The maximum atomic E-state index is 12.0. The van der Waals surface area contributed by atoms with Gasteiger partial charge in [0.15, 0.2) is 0 Å².